The van der Waals surface area contributed by atoms with Gasteiger partial charge in [0.15, 0.2) is 0 Å². The average Bonchev–Trinajstić information content (AvgIpc) is 2.89. The van der Waals surface area contributed by atoms with Gasteiger partial charge in [-0.25, -0.2) is 8.42 Å². The Morgan fingerprint density at radius 3 is 2.89 bits per heavy atom. The third-order valence-electron chi connectivity index (χ3n) is 3.38. The molecule has 0 aliphatic carbocycles. The van der Waals surface area contributed by atoms with Crippen molar-refractivity contribution >= 4 is 10.0 Å². The second-order valence-corrected chi connectivity index (χ2v) is 6.83. The Labute approximate surface area is 115 Å². The van der Waals surface area contributed by atoms with E-state index >= 15 is 0 Å². The highest BCUT2D eigenvalue weighted by Crippen LogP contribution is 2.13. The third kappa shape index (κ3) is 3.99. The van der Waals surface area contributed by atoms with Gasteiger partial charge in [0.25, 0.3) is 0 Å². The summed E-state index contributed by atoms with van der Waals surface area (Å²) in [4.78, 5) is 4.19. The van der Waals surface area contributed by atoms with Gasteiger partial charge in [0, 0.05) is 18.8 Å². The summed E-state index contributed by atoms with van der Waals surface area (Å²) in [7, 11) is -3.22. The number of nitrogens with one attached hydrogen (secondary N) is 1. The predicted molar refractivity (Wildman–Crippen MR) is 75.1 cm³/mol. The van der Waals surface area contributed by atoms with Crippen LogP contribution in [0.15, 0.2) is 24.4 Å². The molecule has 1 N–H and O–H groups in total. The van der Waals surface area contributed by atoms with Crippen LogP contribution in [-0.2, 0) is 16.6 Å². The Hall–Kier alpha value is -0.980. The van der Waals surface area contributed by atoms with Crippen LogP contribution in [0.25, 0.3) is 0 Å². The minimum absolute atomic E-state index is 0.0998. The second-order valence-electron chi connectivity index (χ2n) is 4.82. The molecule has 2 rings (SSSR count). The number of pyridine rings is 1. The molecule has 0 bridgehead atoms. The van der Waals surface area contributed by atoms with Crippen LogP contribution in [-0.4, -0.2) is 42.6 Å². The van der Waals surface area contributed by atoms with E-state index in [1.165, 1.54) is 4.31 Å². The van der Waals surface area contributed by atoms with Gasteiger partial charge in [-0.15, -0.1) is 0 Å². The quantitative estimate of drug-likeness (QED) is 0.845. The molecule has 0 spiro atoms. The molecule has 2 heterocycles. The van der Waals surface area contributed by atoms with Crippen molar-refractivity contribution < 1.29 is 8.42 Å². The first-order chi connectivity index (χ1) is 9.12. The number of nitrogens with zero attached hydrogens (tertiary/aromatic N) is 2. The van der Waals surface area contributed by atoms with Gasteiger partial charge in [0.05, 0.1) is 18.0 Å². The zero-order chi connectivity index (χ0) is 13.7. The molecule has 1 aliphatic rings. The molecule has 1 saturated heterocycles. The van der Waals surface area contributed by atoms with E-state index in [0.717, 1.165) is 25.1 Å². The minimum Gasteiger partial charge on any atom is -0.313 e. The van der Waals surface area contributed by atoms with E-state index in [1.807, 2.05) is 25.1 Å². The number of aromatic nitrogens is 1. The maximum atomic E-state index is 12.4. The molecule has 106 valence electrons. The Balaban J connectivity index is 2.03. The molecule has 19 heavy (non-hydrogen) atoms. The maximum Gasteiger partial charge on any atom is 0.215 e. The number of hydrogen-bond donors (Lipinski definition) is 1. The first-order valence-electron chi connectivity index (χ1n) is 6.73. The smallest absolute Gasteiger partial charge is 0.215 e. The fourth-order valence-corrected chi connectivity index (χ4v) is 4.06. The van der Waals surface area contributed by atoms with Crippen LogP contribution in [0.4, 0.5) is 0 Å². The van der Waals surface area contributed by atoms with E-state index in [1.54, 1.807) is 6.20 Å². The lowest BCUT2D eigenvalue weighted by Gasteiger charge is -2.22. The summed E-state index contributed by atoms with van der Waals surface area (Å²) in [6.07, 6.45) is 3.70. The molecule has 0 saturated carbocycles. The zero-order valence-corrected chi connectivity index (χ0v) is 12.1. The van der Waals surface area contributed by atoms with Crippen LogP contribution < -0.4 is 5.32 Å². The molecule has 1 atom stereocenters. The van der Waals surface area contributed by atoms with Gasteiger partial charge < -0.3 is 5.32 Å². The van der Waals surface area contributed by atoms with Crippen molar-refractivity contribution in [3.63, 3.8) is 0 Å². The lowest BCUT2D eigenvalue weighted by Crippen LogP contribution is -2.39. The summed E-state index contributed by atoms with van der Waals surface area (Å²) in [5, 5.41) is 3.23. The zero-order valence-electron chi connectivity index (χ0n) is 11.2. The second kappa shape index (κ2) is 6.45. The fourth-order valence-electron chi connectivity index (χ4n) is 2.34. The number of sulfonamides is 1. The molecule has 5 nitrogen and oxygen atoms in total. The molecule has 0 radical (unpaired) electrons. The van der Waals surface area contributed by atoms with Crippen molar-refractivity contribution in [3.05, 3.63) is 30.1 Å². The summed E-state index contributed by atoms with van der Waals surface area (Å²) in [5.74, 6) is 0.188. The van der Waals surface area contributed by atoms with Crippen LogP contribution in [0, 0.1) is 0 Å². The van der Waals surface area contributed by atoms with Gasteiger partial charge >= 0.3 is 0 Å². The summed E-state index contributed by atoms with van der Waals surface area (Å²) in [5.41, 5.74) is 0.785. The van der Waals surface area contributed by atoms with Gasteiger partial charge in [-0.05, 0) is 31.5 Å². The Morgan fingerprint density at radius 1 is 1.47 bits per heavy atom. The highest BCUT2D eigenvalue weighted by molar-refractivity contribution is 7.89. The monoisotopic (exact) mass is 283 g/mol. The van der Waals surface area contributed by atoms with Crippen molar-refractivity contribution in [2.45, 2.75) is 32.4 Å². The lowest BCUT2D eigenvalue weighted by atomic mass is 10.3. The Morgan fingerprint density at radius 2 is 2.32 bits per heavy atom. The maximum absolute atomic E-state index is 12.4. The van der Waals surface area contributed by atoms with Crippen LogP contribution in [0.1, 0.15) is 25.5 Å². The predicted octanol–water partition coefficient (Wildman–Crippen LogP) is 0.985. The summed E-state index contributed by atoms with van der Waals surface area (Å²) in [6, 6.07) is 5.66. The minimum atomic E-state index is -3.22. The van der Waals surface area contributed by atoms with Crippen molar-refractivity contribution in [2.24, 2.45) is 0 Å². The van der Waals surface area contributed by atoms with Crippen molar-refractivity contribution in [3.8, 4) is 0 Å². The van der Waals surface area contributed by atoms with Gasteiger partial charge in [-0.1, -0.05) is 13.0 Å². The molecule has 1 aromatic heterocycles. The van der Waals surface area contributed by atoms with Gasteiger partial charge in [0.1, 0.15) is 0 Å². The molecule has 1 fully saturated rings. The van der Waals surface area contributed by atoms with Crippen LogP contribution >= 0.6 is 0 Å². The molecule has 1 unspecified atom stereocenters. The molecular formula is C13H21N3O2S. The van der Waals surface area contributed by atoms with E-state index in [9.17, 15) is 8.42 Å². The highest BCUT2D eigenvalue weighted by Gasteiger charge is 2.27. The van der Waals surface area contributed by atoms with E-state index in [0.29, 0.717) is 13.1 Å². The first kappa shape index (κ1) is 14.4. The summed E-state index contributed by atoms with van der Waals surface area (Å²) < 4.78 is 26.3. The van der Waals surface area contributed by atoms with E-state index in [4.69, 9.17) is 0 Å². The van der Waals surface area contributed by atoms with Crippen LogP contribution in [0.5, 0.6) is 0 Å². The molecule has 1 aliphatic heterocycles. The van der Waals surface area contributed by atoms with E-state index in [-0.39, 0.29) is 11.8 Å². The Bertz CT molecular complexity index is 484. The van der Waals surface area contributed by atoms with E-state index < -0.39 is 10.0 Å². The largest absolute Gasteiger partial charge is 0.313 e. The van der Waals surface area contributed by atoms with E-state index in [2.05, 4.69) is 10.3 Å². The molecular weight excluding hydrogens is 262 g/mol. The fraction of sp³-hybridized carbons (Fsp3) is 0.615. The van der Waals surface area contributed by atoms with Gasteiger partial charge in [-0.2, -0.15) is 4.31 Å². The molecule has 0 aromatic carbocycles. The normalized spacial score (nSPS) is 20.0. The van der Waals surface area contributed by atoms with Gasteiger partial charge in [0.2, 0.25) is 10.0 Å². The third-order valence-corrected chi connectivity index (χ3v) is 5.38. The molecule has 6 heteroatoms. The standard InChI is InChI=1S/C13H21N3O2S/c1-2-16(10-12-6-3-4-8-14-12)19(17,18)11-13-7-5-9-15-13/h3-4,6,8,13,15H,2,5,7,9-11H2,1H3. The van der Waals surface area contributed by atoms with Gasteiger partial charge in [-0.3, -0.25) is 4.98 Å². The van der Waals surface area contributed by atoms with Crippen molar-refractivity contribution in [1.29, 1.82) is 0 Å². The van der Waals surface area contributed by atoms with Crippen molar-refractivity contribution in [1.82, 2.24) is 14.6 Å². The SMILES string of the molecule is CCN(Cc1ccccn1)S(=O)(=O)CC1CCCN1. The topological polar surface area (TPSA) is 62.3 Å². The first-order valence-corrected chi connectivity index (χ1v) is 8.34. The molecule has 0 amide bonds. The Kier molecular flexibility index (Phi) is 4.90. The summed E-state index contributed by atoms with van der Waals surface area (Å²) >= 11 is 0. The van der Waals surface area contributed by atoms with Crippen molar-refractivity contribution in [2.75, 3.05) is 18.8 Å². The summed E-state index contributed by atoms with van der Waals surface area (Å²) in [6.45, 7) is 3.62. The number of hydrogen-bond acceptors (Lipinski definition) is 4. The average molecular weight is 283 g/mol. The molecule has 1 aromatic rings. The lowest BCUT2D eigenvalue weighted by molar-refractivity contribution is 0.414. The van der Waals surface area contributed by atoms with Crippen LogP contribution in [0.2, 0.25) is 0 Å². The highest BCUT2D eigenvalue weighted by atomic mass is 32.2. The van der Waals surface area contributed by atoms with Crippen LogP contribution in [0.3, 0.4) is 0 Å². The number of rotatable bonds is 6.